The molecule has 2 aromatic rings. The molecule has 0 spiro atoms. The molecule has 0 saturated carbocycles. The summed E-state index contributed by atoms with van der Waals surface area (Å²) in [6.45, 7) is 5.26. The minimum atomic E-state index is -0.245. The number of aryl methyl sites for hydroxylation is 1. The van der Waals surface area contributed by atoms with Crippen LogP contribution in [0.2, 0.25) is 0 Å². The number of nitrogens with zero attached hydrogens (tertiary/aromatic N) is 3. The SMILES string of the molecule is CCN(C)c1cnn(CC(N)c2ccc(C)cc2)c(=O)c1. The minimum Gasteiger partial charge on any atom is -0.373 e. The van der Waals surface area contributed by atoms with Crippen molar-refractivity contribution in [3.05, 3.63) is 58.0 Å². The molecule has 0 amide bonds. The molecular weight excluding hydrogens is 264 g/mol. The third kappa shape index (κ3) is 3.70. The Kier molecular flexibility index (Phi) is 4.75. The molecule has 1 aromatic heterocycles. The van der Waals surface area contributed by atoms with Crippen LogP contribution >= 0.6 is 0 Å². The monoisotopic (exact) mass is 286 g/mol. The summed E-state index contributed by atoms with van der Waals surface area (Å²) < 4.78 is 1.41. The van der Waals surface area contributed by atoms with E-state index >= 15 is 0 Å². The number of benzene rings is 1. The molecule has 1 aromatic carbocycles. The summed E-state index contributed by atoms with van der Waals surface area (Å²) in [6, 6.07) is 9.37. The summed E-state index contributed by atoms with van der Waals surface area (Å²) >= 11 is 0. The molecule has 0 saturated heterocycles. The maximum absolute atomic E-state index is 12.1. The van der Waals surface area contributed by atoms with Crippen molar-refractivity contribution in [2.45, 2.75) is 26.4 Å². The molecule has 0 aliphatic carbocycles. The normalized spacial score (nSPS) is 12.2. The van der Waals surface area contributed by atoms with Crippen molar-refractivity contribution < 1.29 is 0 Å². The van der Waals surface area contributed by atoms with Crippen LogP contribution in [0.1, 0.15) is 24.1 Å². The molecule has 0 bridgehead atoms. The Morgan fingerprint density at radius 3 is 2.57 bits per heavy atom. The van der Waals surface area contributed by atoms with Crippen LogP contribution in [0, 0.1) is 6.92 Å². The second-order valence-electron chi connectivity index (χ2n) is 5.27. The van der Waals surface area contributed by atoms with E-state index < -0.39 is 0 Å². The van der Waals surface area contributed by atoms with Gasteiger partial charge in [0.05, 0.1) is 18.4 Å². The maximum atomic E-state index is 12.1. The molecule has 112 valence electrons. The second-order valence-corrected chi connectivity index (χ2v) is 5.27. The zero-order valence-electron chi connectivity index (χ0n) is 12.8. The standard InChI is InChI=1S/C16H22N4O/c1-4-19(3)14-9-16(21)20(18-10-14)11-15(17)13-7-5-12(2)6-8-13/h5-10,15H,4,11,17H2,1-3H3. The smallest absolute Gasteiger partial charge is 0.268 e. The van der Waals surface area contributed by atoms with Crippen LogP contribution in [0.3, 0.4) is 0 Å². The molecule has 5 nitrogen and oxygen atoms in total. The zero-order valence-corrected chi connectivity index (χ0v) is 12.8. The molecule has 0 radical (unpaired) electrons. The van der Waals surface area contributed by atoms with Gasteiger partial charge in [0.15, 0.2) is 0 Å². The van der Waals surface area contributed by atoms with E-state index in [1.807, 2.05) is 50.1 Å². The van der Waals surface area contributed by atoms with Gasteiger partial charge in [-0.2, -0.15) is 5.10 Å². The van der Waals surface area contributed by atoms with E-state index in [2.05, 4.69) is 5.10 Å². The summed E-state index contributed by atoms with van der Waals surface area (Å²) in [4.78, 5) is 14.1. The van der Waals surface area contributed by atoms with E-state index in [9.17, 15) is 4.79 Å². The lowest BCUT2D eigenvalue weighted by Crippen LogP contribution is -2.29. The molecule has 21 heavy (non-hydrogen) atoms. The van der Waals surface area contributed by atoms with E-state index in [0.717, 1.165) is 17.8 Å². The highest BCUT2D eigenvalue weighted by Gasteiger charge is 2.10. The fourth-order valence-electron chi connectivity index (χ4n) is 2.06. The van der Waals surface area contributed by atoms with Crippen LogP contribution in [0.25, 0.3) is 0 Å². The van der Waals surface area contributed by atoms with E-state index in [0.29, 0.717) is 6.54 Å². The lowest BCUT2D eigenvalue weighted by Gasteiger charge is -2.17. The topological polar surface area (TPSA) is 64.2 Å². The highest BCUT2D eigenvalue weighted by molar-refractivity contribution is 5.41. The Morgan fingerprint density at radius 2 is 2.00 bits per heavy atom. The Balaban J connectivity index is 2.16. The van der Waals surface area contributed by atoms with Gasteiger partial charge in [-0.05, 0) is 19.4 Å². The number of aromatic nitrogens is 2. The van der Waals surface area contributed by atoms with E-state index in [4.69, 9.17) is 5.73 Å². The van der Waals surface area contributed by atoms with Gasteiger partial charge < -0.3 is 10.6 Å². The number of anilines is 1. The Bertz CT molecular complexity index is 648. The average Bonchev–Trinajstić information content (AvgIpc) is 2.49. The molecular formula is C16H22N4O. The van der Waals surface area contributed by atoms with Crippen LogP contribution < -0.4 is 16.2 Å². The fraction of sp³-hybridized carbons (Fsp3) is 0.375. The predicted molar refractivity (Wildman–Crippen MR) is 85.5 cm³/mol. The fourth-order valence-corrected chi connectivity index (χ4v) is 2.06. The highest BCUT2D eigenvalue weighted by Crippen LogP contribution is 2.13. The summed E-state index contributed by atoms with van der Waals surface area (Å²) in [5.74, 6) is 0. The first kappa shape index (κ1) is 15.3. The van der Waals surface area contributed by atoms with Crippen molar-refractivity contribution >= 4 is 5.69 Å². The first-order valence-electron chi connectivity index (χ1n) is 7.11. The molecule has 1 heterocycles. The number of hydrogen-bond donors (Lipinski definition) is 1. The van der Waals surface area contributed by atoms with Gasteiger partial charge >= 0.3 is 0 Å². The van der Waals surface area contributed by atoms with Gasteiger partial charge in [0.25, 0.3) is 5.56 Å². The summed E-state index contributed by atoms with van der Waals surface area (Å²) in [6.07, 6.45) is 1.70. The van der Waals surface area contributed by atoms with Crippen molar-refractivity contribution in [3.63, 3.8) is 0 Å². The van der Waals surface area contributed by atoms with Crippen LogP contribution in [0.5, 0.6) is 0 Å². The maximum Gasteiger partial charge on any atom is 0.268 e. The minimum absolute atomic E-state index is 0.129. The first-order chi connectivity index (χ1) is 10.0. The van der Waals surface area contributed by atoms with Crippen LogP contribution in [0.4, 0.5) is 5.69 Å². The van der Waals surface area contributed by atoms with Gasteiger partial charge in [-0.3, -0.25) is 4.79 Å². The van der Waals surface area contributed by atoms with Gasteiger partial charge in [0, 0.05) is 25.7 Å². The molecule has 1 atom stereocenters. The van der Waals surface area contributed by atoms with Crippen molar-refractivity contribution in [2.75, 3.05) is 18.5 Å². The predicted octanol–water partition coefficient (Wildman–Crippen LogP) is 1.71. The van der Waals surface area contributed by atoms with E-state index in [1.165, 1.54) is 10.2 Å². The third-order valence-corrected chi connectivity index (χ3v) is 3.65. The number of nitrogens with two attached hydrogens (primary N) is 1. The van der Waals surface area contributed by atoms with E-state index in [-0.39, 0.29) is 11.6 Å². The molecule has 1 unspecified atom stereocenters. The van der Waals surface area contributed by atoms with Crippen molar-refractivity contribution in [2.24, 2.45) is 5.73 Å². The molecule has 0 aliphatic heterocycles. The highest BCUT2D eigenvalue weighted by atomic mass is 16.1. The summed E-state index contributed by atoms with van der Waals surface area (Å²) in [5.41, 5.74) is 9.04. The summed E-state index contributed by atoms with van der Waals surface area (Å²) in [7, 11) is 1.93. The molecule has 0 fully saturated rings. The Morgan fingerprint density at radius 1 is 1.33 bits per heavy atom. The molecule has 2 N–H and O–H groups in total. The van der Waals surface area contributed by atoms with E-state index in [1.54, 1.807) is 12.3 Å². The van der Waals surface area contributed by atoms with Gasteiger partial charge in [-0.1, -0.05) is 29.8 Å². The largest absolute Gasteiger partial charge is 0.373 e. The second kappa shape index (κ2) is 6.54. The van der Waals surface area contributed by atoms with Crippen LogP contribution in [-0.2, 0) is 6.54 Å². The molecule has 5 heteroatoms. The van der Waals surface area contributed by atoms with Crippen molar-refractivity contribution in [1.82, 2.24) is 9.78 Å². The average molecular weight is 286 g/mol. The Hall–Kier alpha value is -2.14. The van der Waals surface area contributed by atoms with Crippen LogP contribution in [0.15, 0.2) is 41.3 Å². The number of hydrogen-bond acceptors (Lipinski definition) is 4. The van der Waals surface area contributed by atoms with Gasteiger partial charge in [-0.15, -0.1) is 0 Å². The lowest BCUT2D eigenvalue weighted by atomic mass is 10.1. The van der Waals surface area contributed by atoms with Crippen LogP contribution in [-0.4, -0.2) is 23.4 Å². The summed E-state index contributed by atoms with van der Waals surface area (Å²) in [5, 5.41) is 4.21. The third-order valence-electron chi connectivity index (χ3n) is 3.65. The Labute approximate surface area is 125 Å². The van der Waals surface area contributed by atoms with Gasteiger partial charge in [-0.25, -0.2) is 4.68 Å². The molecule has 2 rings (SSSR count). The van der Waals surface area contributed by atoms with Gasteiger partial charge in [0.1, 0.15) is 0 Å². The zero-order chi connectivity index (χ0) is 15.4. The van der Waals surface area contributed by atoms with Gasteiger partial charge in [0.2, 0.25) is 0 Å². The quantitative estimate of drug-likeness (QED) is 0.909. The lowest BCUT2D eigenvalue weighted by molar-refractivity contribution is 0.503. The van der Waals surface area contributed by atoms with Crippen molar-refractivity contribution in [3.8, 4) is 0 Å². The molecule has 0 aliphatic rings. The number of rotatable bonds is 5. The first-order valence-corrected chi connectivity index (χ1v) is 7.11. The van der Waals surface area contributed by atoms with Crippen molar-refractivity contribution in [1.29, 1.82) is 0 Å².